The largest absolute Gasteiger partial charge is 0.489 e. The quantitative estimate of drug-likeness (QED) is 0.567. The number of amides is 1. The van der Waals surface area contributed by atoms with Crippen molar-refractivity contribution in [1.29, 1.82) is 0 Å². The van der Waals surface area contributed by atoms with Gasteiger partial charge in [-0.15, -0.1) is 11.3 Å². The maximum Gasteiger partial charge on any atom is 0.220 e. The van der Waals surface area contributed by atoms with Crippen molar-refractivity contribution in [1.82, 2.24) is 20.5 Å². The van der Waals surface area contributed by atoms with E-state index in [-0.39, 0.29) is 17.9 Å². The number of rotatable bonds is 4. The molecule has 6 nitrogen and oxygen atoms in total. The van der Waals surface area contributed by atoms with E-state index in [4.69, 9.17) is 4.74 Å². The molecule has 0 unspecified atom stereocenters. The Bertz CT molecular complexity index is 1150. The standard InChI is InChI=1S/C20H18N4O2S/c1-11(15-7-19(25)21-8-15)26-18-6-14(5-17-20(18)27-10-22-17)12-2-3-13-9-23-24-16(13)4-12/h2-6,9-11,15H,7-8H2,1H3,(H,21,25)(H,23,24)/t11-,15-/m1/s1. The van der Waals surface area contributed by atoms with Gasteiger partial charge in [-0.1, -0.05) is 12.1 Å². The fourth-order valence-electron chi connectivity index (χ4n) is 3.56. The highest BCUT2D eigenvalue weighted by molar-refractivity contribution is 7.17. The van der Waals surface area contributed by atoms with E-state index in [1.165, 1.54) is 0 Å². The molecule has 2 atom stereocenters. The highest BCUT2D eigenvalue weighted by Gasteiger charge is 2.28. The van der Waals surface area contributed by atoms with E-state index < -0.39 is 0 Å². The first-order valence-electron chi connectivity index (χ1n) is 8.91. The number of H-pyrrole nitrogens is 1. The molecule has 2 N–H and O–H groups in total. The number of ether oxygens (including phenoxy) is 1. The van der Waals surface area contributed by atoms with E-state index in [0.29, 0.717) is 13.0 Å². The zero-order valence-corrected chi connectivity index (χ0v) is 15.5. The fourth-order valence-corrected chi connectivity index (χ4v) is 4.29. The van der Waals surface area contributed by atoms with Crippen LogP contribution in [0.5, 0.6) is 5.75 Å². The molecule has 5 rings (SSSR count). The van der Waals surface area contributed by atoms with Gasteiger partial charge < -0.3 is 10.1 Å². The third-order valence-corrected chi connectivity index (χ3v) is 6.02. The molecule has 1 aliphatic heterocycles. The molecule has 3 heterocycles. The predicted molar refractivity (Wildman–Crippen MR) is 106 cm³/mol. The van der Waals surface area contributed by atoms with Gasteiger partial charge in [-0.05, 0) is 36.2 Å². The first-order valence-corrected chi connectivity index (χ1v) is 9.79. The van der Waals surface area contributed by atoms with Crippen molar-refractivity contribution in [2.45, 2.75) is 19.4 Å². The lowest BCUT2D eigenvalue weighted by atomic mass is 10.0. The Hall–Kier alpha value is -2.93. The zero-order valence-electron chi connectivity index (χ0n) is 14.7. The smallest absolute Gasteiger partial charge is 0.220 e. The van der Waals surface area contributed by atoms with E-state index in [9.17, 15) is 4.79 Å². The topological polar surface area (TPSA) is 79.9 Å². The molecule has 0 bridgehead atoms. The van der Waals surface area contributed by atoms with Gasteiger partial charge in [0.2, 0.25) is 5.91 Å². The summed E-state index contributed by atoms with van der Waals surface area (Å²) in [4.78, 5) is 16.0. The second-order valence-electron chi connectivity index (χ2n) is 6.94. The lowest BCUT2D eigenvalue weighted by Gasteiger charge is -2.20. The number of hydrogen-bond acceptors (Lipinski definition) is 5. The van der Waals surface area contributed by atoms with Crippen molar-refractivity contribution in [3.63, 3.8) is 0 Å². The third-order valence-electron chi connectivity index (χ3n) is 5.16. The van der Waals surface area contributed by atoms with Gasteiger partial charge in [0.05, 0.1) is 27.4 Å². The summed E-state index contributed by atoms with van der Waals surface area (Å²) >= 11 is 1.57. The molecule has 1 fully saturated rings. The van der Waals surface area contributed by atoms with Crippen LogP contribution in [0, 0.1) is 5.92 Å². The highest BCUT2D eigenvalue weighted by Crippen LogP contribution is 2.36. The van der Waals surface area contributed by atoms with E-state index in [2.05, 4.69) is 50.8 Å². The third kappa shape index (κ3) is 2.94. The fraction of sp³-hybridized carbons (Fsp3) is 0.250. The molecule has 2 aromatic heterocycles. The van der Waals surface area contributed by atoms with Crippen molar-refractivity contribution in [3.8, 4) is 16.9 Å². The lowest BCUT2D eigenvalue weighted by Crippen LogP contribution is -2.25. The molecular weight excluding hydrogens is 360 g/mol. The number of aromatic nitrogens is 3. The maximum atomic E-state index is 11.5. The van der Waals surface area contributed by atoms with E-state index in [1.807, 2.05) is 18.6 Å². The van der Waals surface area contributed by atoms with Crippen LogP contribution in [0.15, 0.2) is 42.0 Å². The molecule has 4 aromatic rings. The molecule has 1 amide bonds. The van der Waals surface area contributed by atoms with Crippen LogP contribution in [0.3, 0.4) is 0 Å². The van der Waals surface area contributed by atoms with E-state index in [1.54, 1.807) is 11.3 Å². The van der Waals surface area contributed by atoms with Crippen LogP contribution in [-0.4, -0.2) is 33.7 Å². The average molecular weight is 378 g/mol. The molecule has 0 radical (unpaired) electrons. The minimum Gasteiger partial charge on any atom is -0.489 e. The molecule has 0 spiro atoms. The number of thiazole rings is 1. The van der Waals surface area contributed by atoms with Gasteiger partial charge in [0.25, 0.3) is 0 Å². The summed E-state index contributed by atoms with van der Waals surface area (Å²) in [6, 6.07) is 10.4. The summed E-state index contributed by atoms with van der Waals surface area (Å²) < 4.78 is 7.34. The first kappa shape index (κ1) is 16.3. The first-order chi connectivity index (χ1) is 13.2. The van der Waals surface area contributed by atoms with Gasteiger partial charge in [-0.25, -0.2) is 4.98 Å². The summed E-state index contributed by atoms with van der Waals surface area (Å²) in [6.45, 7) is 2.70. The maximum absolute atomic E-state index is 11.5. The Morgan fingerprint density at radius 1 is 1.26 bits per heavy atom. The van der Waals surface area contributed by atoms with Crippen molar-refractivity contribution >= 4 is 38.4 Å². The summed E-state index contributed by atoms with van der Waals surface area (Å²) in [6.07, 6.45) is 2.28. The molecule has 2 aromatic carbocycles. The minimum atomic E-state index is -0.0559. The van der Waals surface area contributed by atoms with Crippen molar-refractivity contribution in [3.05, 3.63) is 42.0 Å². The zero-order chi connectivity index (χ0) is 18.4. The van der Waals surface area contributed by atoms with Gasteiger partial charge in [0.15, 0.2) is 0 Å². The lowest BCUT2D eigenvalue weighted by molar-refractivity contribution is -0.119. The normalized spacial score (nSPS) is 18.1. The predicted octanol–water partition coefficient (Wildman–Crippen LogP) is 3.74. The summed E-state index contributed by atoms with van der Waals surface area (Å²) in [5.41, 5.74) is 5.89. The van der Waals surface area contributed by atoms with Crippen LogP contribution < -0.4 is 10.1 Å². The average Bonchev–Trinajstić information content (AvgIpc) is 3.40. The number of nitrogens with zero attached hydrogens (tertiary/aromatic N) is 2. The Morgan fingerprint density at radius 2 is 2.19 bits per heavy atom. The van der Waals surface area contributed by atoms with Crippen LogP contribution in [0.1, 0.15) is 13.3 Å². The number of carbonyl (C=O) groups excluding carboxylic acids is 1. The van der Waals surface area contributed by atoms with Crippen molar-refractivity contribution < 1.29 is 9.53 Å². The monoisotopic (exact) mass is 378 g/mol. The van der Waals surface area contributed by atoms with Gasteiger partial charge in [-0.2, -0.15) is 5.10 Å². The molecular formula is C20H18N4O2S. The number of hydrogen-bond donors (Lipinski definition) is 2. The Labute approximate surface area is 159 Å². The second-order valence-corrected chi connectivity index (χ2v) is 7.79. The Balaban J connectivity index is 1.53. The molecule has 0 saturated carbocycles. The molecule has 1 aliphatic rings. The van der Waals surface area contributed by atoms with Crippen molar-refractivity contribution in [2.24, 2.45) is 5.92 Å². The van der Waals surface area contributed by atoms with Gasteiger partial charge >= 0.3 is 0 Å². The molecule has 0 aliphatic carbocycles. The second kappa shape index (κ2) is 6.35. The molecule has 136 valence electrons. The summed E-state index contributed by atoms with van der Waals surface area (Å²) in [7, 11) is 0. The van der Waals surface area contributed by atoms with Crippen LogP contribution >= 0.6 is 11.3 Å². The molecule has 1 saturated heterocycles. The van der Waals surface area contributed by atoms with E-state index >= 15 is 0 Å². The summed E-state index contributed by atoms with van der Waals surface area (Å²) in [5, 5.41) is 11.1. The van der Waals surface area contributed by atoms with Crippen LogP contribution in [0.25, 0.3) is 32.2 Å². The van der Waals surface area contributed by atoms with Crippen LogP contribution in [0.2, 0.25) is 0 Å². The minimum absolute atomic E-state index is 0.0559. The Kier molecular flexibility index (Phi) is 3.82. The SMILES string of the molecule is C[C@@H](Oc1cc(-c2ccc3cn[nH]c3c2)cc2ncsc12)[C@H]1CNC(=O)C1. The molecule has 27 heavy (non-hydrogen) atoms. The van der Waals surface area contributed by atoms with Crippen LogP contribution in [0.4, 0.5) is 0 Å². The van der Waals surface area contributed by atoms with Gasteiger partial charge in [0.1, 0.15) is 11.9 Å². The molecule has 7 heteroatoms. The highest BCUT2D eigenvalue weighted by atomic mass is 32.1. The summed E-state index contributed by atoms with van der Waals surface area (Å²) in [5.74, 6) is 1.10. The number of aromatic amines is 1. The number of carbonyl (C=O) groups is 1. The Morgan fingerprint density at radius 3 is 3.04 bits per heavy atom. The van der Waals surface area contributed by atoms with Gasteiger partial charge in [0, 0.05) is 24.3 Å². The number of nitrogens with one attached hydrogen (secondary N) is 2. The van der Waals surface area contributed by atoms with E-state index in [0.717, 1.165) is 38.0 Å². The number of fused-ring (bicyclic) bond motifs is 2. The number of benzene rings is 2. The van der Waals surface area contributed by atoms with Gasteiger partial charge in [-0.3, -0.25) is 9.89 Å². The van der Waals surface area contributed by atoms with Crippen molar-refractivity contribution in [2.75, 3.05) is 6.54 Å². The van der Waals surface area contributed by atoms with Crippen LogP contribution in [-0.2, 0) is 4.79 Å².